The molecule has 1 aromatic carbocycles. The number of ether oxygens (including phenoxy) is 3. The number of piperazine rings is 1. The number of carbonyl (C=O) groups excluding carboxylic acids is 1. The van der Waals surface area contributed by atoms with E-state index >= 15 is 0 Å². The molecule has 3 aliphatic heterocycles. The zero-order valence-electron chi connectivity index (χ0n) is 17.3. The molecule has 2 fully saturated rings. The van der Waals surface area contributed by atoms with Gasteiger partial charge in [0.05, 0.1) is 25.1 Å². The van der Waals surface area contributed by atoms with Crippen molar-refractivity contribution >= 4 is 23.5 Å². The van der Waals surface area contributed by atoms with Crippen molar-refractivity contribution in [1.29, 1.82) is 0 Å². The third-order valence-corrected chi connectivity index (χ3v) is 5.73. The van der Waals surface area contributed by atoms with E-state index < -0.39 is 0 Å². The standard InChI is InChI=1S/C22H25N5O4/c28-22(4-2-17-1-3-19-20(13-17)31-16-30-19)27-7-5-25(6-8-27)18-14-21(24-23-15-18)26-9-11-29-12-10-26/h1-4,13-15H,5-12,16H2/b4-2+. The minimum Gasteiger partial charge on any atom is -0.454 e. The topological polar surface area (TPSA) is 80.3 Å². The summed E-state index contributed by atoms with van der Waals surface area (Å²) in [7, 11) is 0. The average Bonchev–Trinajstić information content (AvgIpc) is 3.31. The molecule has 2 saturated heterocycles. The predicted molar refractivity (Wildman–Crippen MR) is 115 cm³/mol. The Hall–Kier alpha value is -3.33. The third-order valence-electron chi connectivity index (χ3n) is 5.73. The Morgan fingerprint density at radius 3 is 2.58 bits per heavy atom. The second-order valence-electron chi connectivity index (χ2n) is 7.63. The number of fused-ring (bicyclic) bond motifs is 1. The first-order chi connectivity index (χ1) is 15.3. The highest BCUT2D eigenvalue weighted by Crippen LogP contribution is 2.32. The largest absolute Gasteiger partial charge is 0.454 e. The molecule has 0 bridgehead atoms. The lowest BCUT2D eigenvalue weighted by Crippen LogP contribution is -2.48. The maximum Gasteiger partial charge on any atom is 0.246 e. The van der Waals surface area contributed by atoms with Gasteiger partial charge in [0.15, 0.2) is 17.3 Å². The summed E-state index contributed by atoms with van der Waals surface area (Å²) in [6.07, 6.45) is 5.23. The predicted octanol–water partition coefficient (Wildman–Crippen LogP) is 1.40. The van der Waals surface area contributed by atoms with Crippen LogP contribution in [0.4, 0.5) is 11.5 Å². The van der Waals surface area contributed by atoms with E-state index in [4.69, 9.17) is 14.2 Å². The lowest BCUT2D eigenvalue weighted by atomic mass is 10.2. The van der Waals surface area contributed by atoms with E-state index in [-0.39, 0.29) is 12.7 Å². The van der Waals surface area contributed by atoms with Crippen LogP contribution in [0.25, 0.3) is 6.08 Å². The quantitative estimate of drug-likeness (QED) is 0.683. The maximum absolute atomic E-state index is 12.6. The van der Waals surface area contributed by atoms with E-state index in [1.165, 1.54) is 0 Å². The summed E-state index contributed by atoms with van der Waals surface area (Å²) in [5.74, 6) is 2.35. The molecule has 0 saturated carbocycles. The number of carbonyl (C=O) groups is 1. The highest BCUT2D eigenvalue weighted by atomic mass is 16.7. The van der Waals surface area contributed by atoms with Gasteiger partial charge in [-0.15, -0.1) is 5.10 Å². The monoisotopic (exact) mass is 423 g/mol. The van der Waals surface area contributed by atoms with Crippen LogP contribution in [0.1, 0.15) is 5.56 Å². The molecule has 9 heteroatoms. The van der Waals surface area contributed by atoms with Crippen molar-refractivity contribution in [2.45, 2.75) is 0 Å². The lowest BCUT2D eigenvalue weighted by molar-refractivity contribution is -0.126. The van der Waals surface area contributed by atoms with Crippen LogP contribution in [0, 0.1) is 0 Å². The van der Waals surface area contributed by atoms with Crippen LogP contribution < -0.4 is 19.3 Å². The van der Waals surface area contributed by atoms with E-state index in [1.54, 1.807) is 12.3 Å². The molecule has 0 N–H and O–H groups in total. The van der Waals surface area contributed by atoms with Crippen molar-refractivity contribution in [2.75, 3.05) is 69.1 Å². The lowest BCUT2D eigenvalue weighted by Gasteiger charge is -2.36. The first-order valence-corrected chi connectivity index (χ1v) is 10.5. The summed E-state index contributed by atoms with van der Waals surface area (Å²) in [4.78, 5) is 19.0. The van der Waals surface area contributed by atoms with Crippen LogP contribution >= 0.6 is 0 Å². The fourth-order valence-electron chi connectivity index (χ4n) is 3.94. The molecular weight excluding hydrogens is 398 g/mol. The van der Waals surface area contributed by atoms with Crippen molar-refractivity contribution in [3.8, 4) is 11.5 Å². The Kier molecular flexibility index (Phi) is 5.57. The Bertz CT molecular complexity index is 968. The molecule has 3 aliphatic rings. The first-order valence-electron chi connectivity index (χ1n) is 10.5. The molecule has 0 radical (unpaired) electrons. The fraction of sp³-hybridized carbons (Fsp3) is 0.409. The van der Waals surface area contributed by atoms with Gasteiger partial charge in [-0.05, 0) is 23.8 Å². The number of aromatic nitrogens is 2. The molecule has 4 heterocycles. The number of benzene rings is 1. The molecular formula is C22H25N5O4. The van der Waals surface area contributed by atoms with Gasteiger partial charge >= 0.3 is 0 Å². The fourth-order valence-corrected chi connectivity index (χ4v) is 3.94. The number of nitrogens with zero attached hydrogens (tertiary/aromatic N) is 5. The molecule has 5 rings (SSSR count). The van der Waals surface area contributed by atoms with Crippen LogP contribution in [0.2, 0.25) is 0 Å². The van der Waals surface area contributed by atoms with Gasteiger partial charge in [-0.25, -0.2) is 0 Å². The van der Waals surface area contributed by atoms with Gasteiger partial charge in [0.25, 0.3) is 0 Å². The van der Waals surface area contributed by atoms with Gasteiger partial charge in [-0.2, -0.15) is 5.10 Å². The average molecular weight is 423 g/mol. The van der Waals surface area contributed by atoms with Gasteiger partial charge in [0, 0.05) is 51.4 Å². The number of hydrogen-bond acceptors (Lipinski definition) is 8. The summed E-state index contributed by atoms with van der Waals surface area (Å²) in [5, 5.41) is 8.47. The van der Waals surface area contributed by atoms with Crippen LogP contribution in [0.3, 0.4) is 0 Å². The van der Waals surface area contributed by atoms with Gasteiger partial charge in [0.2, 0.25) is 12.7 Å². The van der Waals surface area contributed by atoms with E-state index in [0.717, 1.165) is 49.0 Å². The molecule has 31 heavy (non-hydrogen) atoms. The molecule has 162 valence electrons. The van der Waals surface area contributed by atoms with Gasteiger partial charge in [0.1, 0.15) is 0 Å². The van der Waals surface area contributed by atoms with Crippen molar-refractivity contribution in [3.05, 3.63) is 42.1 Å². The summed E-state index contributed by atoms with van der Waals surface area (Å²) in [6, 6.07) is 7.73. The third kappa shape index (κ3) is 4.41. The van der Waals surface area contributed by atoms with E-state index in [2.05, 4.69) is 26.1 Å². The normalized spacial score (nSPS) is 18.6. The van der Waals surface area contributed by atoms with Gasteiger partial charge < -0.3 is 28.9 Å². The van der Waals surface area contributed by atoms with Crippen molar-refractivity contribution < 1.29 is 19.0 Å². The second-order valence-corrected chi connectivity index (χ2v) is 7.63. The number of hydrogen-bond donors (Lipinski definition) is 0. The van der Waals surface area contributed by atoms with Crippen LogP contribution in [-0.4, -0.2) is 80.3 Å². The number of rotatable bonds is 4. The molecule has 0 unspecified atom stereocenters. The zero-order chi connectivity index (χ0) is 21.0. The van der Waals surface area contributed by atoms with Crippen molar-refractivity contribution in [1.82, 2.24) is 15.1 Å². The van der Waals surface area contributed by atoms with Gasteiger partial charge in [-0.3, -0.25) is 4.79 Å². The minimum absolute atomic E-state index is 0.0131. The van der Waals surface area contributed by atoms with E-state index in [0.29, 0.717) is 32.1 Å². The summed E-state index contributed by atoms with van der Waals surface area (Å²) in [6.45, 7) is 6.19. The highest BCUT2D eigenvalue weighted by Gasteiger charge is 2.22. The molecule has 0 aliphatic carbocycles. The number of anilines is 2. The maximum atomic E-state index is 12.6. The van der Waals surface area contributed by atoms with Crippen molar-refractivity contribution in [2.24, 2.45) is 0 Å². The van der Waals surface area contributed by atoms with Crippen LogP contribution in [0.15, 0.2) is 36.5 Å². The summed E-state index contributed by atoms with van der Waals surface area (Å²) in [5.41, 5.74) is 1.95. The summed E-state index contributed by atoms with van der Waals surface area (Å²) < 4.78 is 16.1. The Labute approximate surface area is 180 Å². The van der Waals surface area contributed by atoms with Gasteiger partial charge in [-0.1, -0.05) is 6.07 Å². The van der Waals surface area contributed by atoms with E-state index in [9.17, 15) is 4.79 Å². The minimum atomic E-state index is 0.0131. The molecule has 2 aromatic rings. The van der Waals surface area contributed by atoms with E-state index in [1.807, 2.05) is 29.2 Å². The van der Waals surface area contributed by atoms with Crippen LogP contribution in [0.5, 0.6) is 11.5 Å². The summed E-state index contributed by atoms with van der Waals surface area (Å²) >= 11 is 0. The molecule has 9 nitrogen and oxygen atoms in total. The van der Waals surface area contributed by atoms with Crippen LogP contribution in [-0.2, 0) is 9.53 Å². The zero-order valence-corrected chi connectivity index (χ0v) is 17.3. The smallest absolute Gasteiger partial charge is 0.246 e. The Morgan fingerprint density at radius 2 is 1.74 bits per heavy atom. The number of amides is 1. The first kappa shape index (κ1) is 19.6. The SMILES string of the molecule is O=C(/C=C/c1ccc2c(c1)OCO2)N1CCN(c2cnnc(N3CCOCC3)c2)CC1. The molecule has 1 aromatic heterocycles. The molecule has 1 amide bonds. The number of morpholine rings is 1. The Morgan fingerprint density at radius 1 is 0.935 bits per heavy atom. The molecule has 0 spiro atoms. The van der Waals surface area contributed by atoms with Crippen molar-refractivity contribution in [3.63, 3.8) is 0 Å². The highest BCUT2D eigenvalue weighted by molar-refractivity contribution is 5.92. The Balaban J connectivity index is 1.17. The molecule has 0 atom stereocenters. The second kappa shape index (κ2) is 8.81.